The van der Waals surface area contributed by atoms with Crippen LogP contribution in [0.25, 0.3) is 0 Å². The van der Waals surface area contributed by atoms with Gasteiger partial charge in [0.05, 0.1) is 0 Å². The molecule has 2 heteroatoms. The summed E-state index contributed by atoms with van der Waals surface area (Å²) in [6.07, 6.45) is 6.53. The molecular weight excluding hydrogens is 160 g/mol. The van der Waals surface area contributed by atoms with Gasteiger partial charge in [-0.05, 0) is 0 Å². The van der Waals surface area contributed by atoms with Crippen molar-refractivity contribution in [1.82, 2.24) is 0 Å². The molecule has 0 heterocycles. The molecule has 1 atom stereocenters. The van der Waals surface area contributed by atoms with Crippen LogP contribution in [-0.2, 0) is 22.9 Å². The molecular formula is C8H12OTi. The Kier molecular flexibility index (Phi) is 2.51. The standard InChI is InChI=1S/C7H9.CH3O.Ti/c1-6-4-3-5-7(6)2;1-2;/h3-5H,1-2H3;1H3;/q;-1;+1. The molecule has 54 valence electrons. The SMILES string of the molecule is C[O][Ti][C]1(C)C=CC=C1C. The van der Waals surface area contributed by atoms with Crippen molar-refractivity contribution in [1.29, 1.82) is 0 Å². The summed E-state index contributed by atoms with van der Waals surface area (Å²) in [5, 5.41) is 0. The number of hydrogen-bond acceptors (Lipinski definition) is 1. The van der Waals surface area contributed by atoms with E-state index in [2.05, 4.69) is 32.1 Å². The quantitative estimate of drug-likeness (QED) is 0.580. The van der Waals surface area contributed by atoms with Crippen LogP contribution in [0.15, 0.2) is 23.8 Å². The van der Waals surface area contributed by atoms with Crippen molar-refractivity contribution in [3.63, 3.8) is 0 Å². The van der Waals surface area contributed by atoms with Gasteiger partial charge in [-0.2, -0.15) is 0 Å². The zero-order chi connectivity index (χ0) is 7.61. The van der Waals surface area contributed by atoms with Crippen molar-refractivity contribution >= 4 is 0 Å². The minimum absolute atomic E-state index is 0.282. The summed E-state index contributed by atoms with van der Waals surface area (Å²) in [7, 11) is 1.80. The van der Waals surface area contributed by atoms with E-state index in [4.69, 9.17) is 3.32 Å². The molecule has 0 N–H and O–H groups in total. The van der Waals surface area contributed by atoms with E-state index in [9.17, 15) is 0 Å². The van der Waals surface area contributed by atoms with Gasteiger partial charge in [-0.3, -0.25) is 0 Å². The minimum atomic E-state index is -0.282. The summed E-state index contributed by atoms with van der Waals surface area (Å²) in [5.74, 6) is 0. The molecule has 0 fully saturated rings. The van der Waals surface area contributed by atoms with Crippen LogP contribution >= 0.6 is 0 Å². The van der Waals surface area contributed by atoms with Gasteiger partial charge in [0.25, 0.3) is 0 Å². The first-order valence-corrected chi connectivity index (χ1v) is 4.77. The molecule has 0 aromatic carbocycles. The molecule has 0 radical (unpaired) electrons. The van der Waals surface area contributed by atoms with Gasteiger partial charge in [-0.1, -0.05) is 0 Å². The van der Waals surface area contributed by atoms with E-state index in [1.807, 2.05) is 0 Å². The third-order valence-corrected chi connectivity index (χ3v) is 3.77. The van der Waals surface area contributed by atoms with Gasteiger partial charge in [0, 0.05) is 0 Å². The number of allylic oxidation sites excluding steroid dienone is 4. The molecule has 1 rings (SSSR count). The normalized spacial score (nSPS) is 30.5. The molecule has 0 spiro atoms. The average Bonchev–Trinajstić information content (AvgIpc) is 2.15. The molecule has 0 saturated heterocycles. The van der Waals surface area contributed by atoms with Crippen LogP contribution in [0, 0.1) is 0 Å². The maximum atomic E-state index is 5.23. The number of hydrogen-bond donors (Lipinski definition) is 0. The van der Waals surface area contributed by atoms with Crippen molar-refractivity contribution in [3.05, 3.63) is 23.8 Å². The molecule has 1 unspecified atom stereocenters. The molecule has 10 heavy (non-hydrogen) atoms. The van der Waals surface area contributed by atoms with Crippen LogP contribution in [0.2, 0.25) is 3.72 Å². The molecule has 1 aliphatic rings. The average molecular weight is 172 g/mol. The van der Waals surface area contributed by atoms with Gasteiger partial charge >= 0.3 is 71.3 Å². The second-order valence-corrected chi connectivity index (χ2v) is 5.30. The fourth-order valence-electron chi connectivity index (χ4n) is 1.02. The zero-order valence-corrected chi connectivity index (χ0v) is 8.20. The van der Waals surface area contributed by atoms with E-state index in [0.717, 1.165) is 0 Å². The van der Waals surface area contributed by atoms with Crippen LogP contribution in [0.5, 0.6) is 0 Å². The van der Waals surface area contributed by atoms with E-state index in [1.54, 1.807) is 7.11 Å². The van der Waals surface area contributed by atoms with Crippen molar-refractivity contribution in [2.45, 2.75) is 17.6 Å². The third kappa shape index (κ3) is 1.42. The predicted molar refractivity (Wildman–Crippen MR) is 38.3 cm³/mol. The van der Waals surface area contributed by atoms with Crippen molar-refractivity contribution in [3.8, 4) is 0 Å². The van der Waals surface area contributed by atoms with Crippen molar-refractivity contribution in [2.75, 3.05) is 7.11 Å². The van der Waals surface area contributed by atoms with Gasteiger partial charge in [0.15, 0.2) is 0 Å². The van der Waals surface area contributed by atoms with E-state index in [-0.39, 0.29) is 23.3 Å². The van der Waals surface area contributed by atoms with Gasteiger partial charge in [0.1, 0.15) is 0 Å². The molecule has 0 aromatic rings. The first-order valence-electron chi connectivity index (χ1n) is 3.36. The van der Waals surface area contributed by atoms with Crippen molar-refractivity contribution < 1.29 is 22.9 Å². The van der Waals surface area contributed by atoms with E-state index in [0.29, 0.717) is 0 Å². The molecule has 0 saturated carbocycles. The van der Waals surface area contributed by atoms with E-state index >= 15 is 0 Å². The fraction of sp³-hybridized carbons (Fsp3) is 0.500. The molecule has 0 aliphatic heterocycles. The van der Waals surface area contributed by atoms with Crippen LogP contribution in [0.1, 0.15) is 13.8 Å². The number of rotatable bonds is 2. The van der Waals surface area contributed by atoms with Crippen molar-refractivity contribution in [2.24, 2.45) is 0 Å². The Morgan fingerprint density at radius 1 is 1.60 bits per heavy atom. The molecule has 0 aromatic heterocycles. The summed E-state index contributed by atoms with van der Waals surface area (Å²) in [5.41, 5.74) is 1.44. The first-order chi connectivity index (χ1) is 4.69. The van der Waals surface area contributed by atoms with Gasteiger partial charge in [-0.25, -0.2) is 0 Å². The second kappa shape index (κ2) is 3.04. The Labute approximate surface area is 71.6 Å². The Morgan fingerprint density at radius 2 is 2.30 bits per heavy atom. The predicted octanol–water partition coefficient (Wildman–Crippen LogP) is 2.33. The Balaban J connectivity index is 2.69. The van der Waals surface area contributed by atoms with E-state index < -0.39 is 0 Å². The van der Waals surface area contributed by atoms with E-state index in [1.165, 1.54) is 5.57 Å². The summed E-state index contributed by atoms with van der Waals surface area (Å²) in [4.78, 5) is 0. The van der Waals surface area contributed by atoms with Crippen LogP contribution < -0.4 is 0 Å². The Hall–Kier alpha value is 0.154. The van der Waals surface area contributed by atoms with Gasteiger partial charge < -0.3 is 0 Å². The summed E-state index contributed by atoms with van der Waals surface area (Å²) >= 11 is -0.282. The monoisotopic (exact) mass is 172 g/mol. The first kappa shape index (κ1) is 8.25. The molecule has 1 nitrogen and oxygen atoms in total. The molecule has 1 aliphatic carbocycles. The second-order valence-electron chi connectivity index (χ2n) is 2.72. The Bertz CT molecular complexity index is 184. The maximum absolute atomic E-state index is 5.23. The molecule has 0 amide bonds. The topological polar surface area (TPSA) is 9.23 Å². The summed E-state index contributed by atoms with van der Waals surface area (Å²) in [6, 6.07) is 0. The summed E-state index contributed by atoms with van der Waals surface area (Å²) in [6.45, 7) is 4.41. The van der Waals surface area contributed by atoms with Crippen LogP contribution in [0.3, 0.4) is 0 Å². The van der Waals surface area contributed by atoms with Gasteiger partial charge in [-0.15, -0.1) is 0 Å². The van der Waals surface area contributed by atoms with Crippen LogP contribution in [0.4, 0.5) is 0 Å². The molecule has 0 bridgehead atoms. The zero-order valence-electron chi connectivity index (χ0n) is 6.64. The summed E-state index contributed by atoms with van der Waals surface area (Å²) < 4.78 is 5.52. The fourth-order valence-corrected chi connectivity index (χ4v) is 2.32. The van der Waals surface area contributed by atoms with Crippen LogP contribution in [-0.4, -0.2) is 7.11 Å². The Morgan fingerprint density at radius 3 is 2.70 bits per heavy atom. The third-order valence-electron chi connectivity index (χ3n) is 1.91. The van der Waals surface area contributed by atoms with Gasteiger partial charge in [0.2, 0.25) is 0 Å².